The van der Waals surface area contributed by atoms with Crippen LogP contribution in [0.5, 0.6) is 5.75 Å². The van der Waals surface area contributed by atoms with Crippen LogP contribution in [0, 0.1) is 0 Å². The molecule has 1 N–H and O–H groups in total. The minimum absolute atomic E-state index is 0.479. The van der Waals surface area contributed by atoms with Gasteiger partial charge in [0.25, 0.3) is 0 Å². The minimum Gasteiger partial charge on any atom is -0.508 e. The average molecular weight is 148 g/mol. The van der Waals surface area contributed by atoms with Gasteiger partial charge in [0.15, 0.2) is 0 Å². The van der Waals surface area contributed by atoms with Crippen LogP contribution in [0.2, 0.25) is 0 Å². The highest BCUT2D eigenvalue weighted by molar-refractivity contribution is 5.44. The van der Waals surface area contributed by atoms with Gasteiger partial charge >= 0.3 is 0 Å². The van der Waals surface area contributed by atoms with E-state index in [4.69, 9.17) is 0 Å². The Morgan fingerprint density at radius 3 is 3.00 bits per heavy atom. The molecule has 0 saturated carbocycles. The van der Waals surface area contributed by atoms with Gasteiger partial charge in [-0.3, -0.25) is 0 Å². The van der Waals surface area contributed by atoms with Crippen molar-refractivity contribution in [2.24, 2.45) is 0 Å². The Morgan fingerprint density at radius 1 is 1.45 bits per heavy atom. The number of aromatic hydroxyl groups is 1. The summed E-state index contributed by atoms with van der Waals surface area (Å²) in [6.07, 6.45) is 2.32. The van der Waals surface area contributed by atoms with Gasteiger partial charge in [0.2, 0.25) is 0 Å². The molecule has 1 aromatic rings. The second-order valence-corrected chi connectivity index (χ2v) is 3.29. The predicted octanol–water partition coefficient (Wildman–Crippen LogP) is 2.44. The van der Waals surface area contributed by atoms with Gasteiger partial charge in [0.1, 0.15) is 5.75 Å². The van der Waals surface area contributed by atoms with Crippen LogP contribution in [0.15, 0.2) is 18.2 Å². The van der Waals surface area contributed by atoms with E-state index in [0.29, 0.717) is 11.7 Å². The first-order valence-electron chi connectivity index (χ1n) is 4.10. The van der Waals surface area contributed by atoms with Crippen LogP contribution in [0.4, 0.5) is 0 Å². The largest absolute Gasteiger partial charge is 0.508 e. The summed E-state index contributed by atoms with van der Waals surface area (Å²) in [4.78, 5) is 0. The number of hydrogen-bond donors (Lipinski definition) is 1. The van der Waals surface area contributed by atoms with Gasteiger partial charge in [-0.1, -0.05) is 19.1 Å². The second kappa shape index (κ2) is 2.26. The summed E-state index contributed by atoms with van der Waals surface area (Å²) in [6.45, 7) is 2.17. The molecule has 0 amide bonds. The number of phenols is 1. The third kappa shape index (κ3) is 0.917. The summed E-state index contributed by atoms with van der Waals surface area (Å²) in [7, 11) is 0. The van der Waals surface area contributed by atoms with Crippen LogP contribution < -0.4 is 0 Å². The van der Waals surface area contributed by atoms with E-state index in [-0.39, 0.29) is 0 Å². The molecule has 0 unspecified atom stereocenters. The molecule has 0 aliphatic heterocycles. The lowest BCUT2D eigenvalue weighted by Gasteiger charge is -2.05. The number of hydrogen-bond acceptors (Lipinski definition) is 1. The topological polar surface area (TPSA) is 20.2 Å². The van der Waals surface area contributed by atoms with Crippen molar-refractivity contribution in [2.75, 3.05) is 0 Å². The first-order valence-corrected chi connectivity index (χ1v) is 4.10. The number of rotatable bonds is 0. The molecule has 1 aliphatic rings. The molecule has 0 aromatic heterocycles. The molecule has 1 aromatic carbocycles. The maximum Gasteiger partial charge on any atom is 0.119 e. The Labute approximate surface area is 66.7 Å². The SMILES string of the molecule is C[C@H]1CCc2cccc(O)c21. The van der Waals surface area contributed by atoms with Crippen LogP contribution in [0.3, 0.4) is 0 Å². The Morgan fingerprint density at radius 2 is 2.27 bits per heavy atom. The van der Waals surface area contributed by atoms with Crippen molar-refractivity contribution in [3.63, 3.8) is 0 Å². The number of fused-ring (bicyclic) bond motifs is 1. The maximum atomic E-state index is 9.50. The molecule has 1 nitrogen and oxygen atoms in total. The first kappa shape index (κ1) is 6.71. The molecular formula is C10H12O. The molecule has 0 spiro atoms. The summed E-state index contributed by atoms with van der Waals surface area (Å²) in [5.41, 5.74) is 2.50. The standard InChI is InChI=1S/C10H12O/c1-7-5-6-8-3-2-4-9(11)10(7)8/h2-4,7,11H,5-6H2,1H3/t7-/m0/s1. The highest BCUT2D eigenvalue weighted by Crippen LogP contribution is 2.37. The zero-order chi connectivity index (χ0) is 7.84. The van der Waals surface area contributed by atoms with Gasteiger partial charge in [0.05, 0.1) is 0 Å². The molecule has 0 saturated heterocycles. The van der Waals surface area contributed by atoms with Crippen molar-refractivity contribution in [1.82, 2.24) is 0 Å². The summed E-state index contributed by atoms with van der Waals surface area (Å²) in [5.74, 6) is 1.03. The van der Waals surface area contributed by atoms with Gasteiger partial charge in [-0.05, 0) is 36.0 Å². The maximum absolute atomic E-state index is 9.50. The van der Waals surface area contributed by atoms with Gasteiger partial charge in [-0.25, -0.2) is 0 Å². The normalized spacial score (nSPS) is 21.7. The molecule has 1 aliphatic carbocycles. The monoisotopic (exact) mass is 148 g/mol. The van der Waals surface area contributed by atoms with Crippen LogP contribution in [-0.4, -0.2) is 5.11 Å². The third-order valence-corrected chi connectivity index (χ3v) is 2.51. The minimum atomic E-state index is 0.479. The van der Waals surface area contributed by atoms with Gasteiger partial charge in [-0.15, -0.1) is 0 Å². The lowest BCUT2D eigenvalue weighted by atomic mass is 10.0. The van der Waals surface area contributed by atoms with Crippen LogP contribution in [-0.2, 0) is 6.42 Å². The number of phenolic OH excluding ortho intramolecular Hbond substituents is 1. The third-order valence-electron chi connectivity index (χ3n) is 2.51. The molecule has 0 radical (unpaired) electrons. The molecule has 2 rings (SSSR count). The van der Waals surface area contributed by atoms with Crippen molar-refractivity contribution < 1.29 is 5.11 Å². The van der Waals surface area contributed by atoms with E-state index in [2.05, 4.69) is 13.0 Å². The molecule has 0 heterocycles. The summed E-state index contributed by atoms with van der Waals surface area (Å²) < 4.78 is 0. The molecule has 0 bridgehead atoms. The fourth-order valence-electron chi connectivity index (χ4n) is 1.90. The van der Waals surface area contributed by atoms with E-state index in [1.54, 1.807) is 6.07 Å². The smallest absolute Gasteiger partial charge is 0.119 e. The second-order valence-electron chi connectivity index (χ2n) is 3.29. The molecule has 58 valence electrons. The van der Waals surface area contributed by atoms with E-state index >= 15 is 0 Å². The van der Waals surface area contributed by atoms with Gasteiger partial charge in [0, 0.05) is 0 Å². The Bertz CT molecular complexity index is 278. The summed E-state index contributed by atoms with van der Waals surface area (Å²) in [5, 5.41) is 9.50. The lowest BCUT2D eigenvalue weighted by molar-refractivity contribution is 0.465. The van der Waals surface area contributed by atoms with E-state index in [9.17, 15) is 5.11 Å². The first-order chi connectivity index (χ1) is 5.29. The fraction of sp³-hybridized carbons (Fsp3) is 0.400. The molecular weight excluding hydrogens is 136 g/mol. The molecule has 1 heteroatoms. The Kier molecular flexibility index (Phi) is 1.38. The fourth-order valence-corrected chi connectivity index (χ4v) is 1.90. The van der Waals surface area contributed by atoms with E-state index < -0.39 is 0 Å². The Balaban J connectivity index is 2.58. The van der Waals surface area contributed by atoms with Gasteiger partial charge < -0.3 is 5.11 Å². The quantitative estimate of drug-likeness (QED) is 0.599. The van der Waals surface area contributed by atoms with Crippen molar-refractivity contribution in [1.29, 1.82) is 0 Å². The molecule has 1 atom stereocenters. The van der Waals surface area contributed by atoms with Crippen molar-refractivity contribution in [3.8, 4) is 5.75 Å². The van der Waals surface area contributed by atoms with Crippen molar-refractivity contribution >= 4 is 0 Å². The predicted molar refractivity (Wildman–Crippen MR) is 44.8 cm³/mol. The van der Waals surface area contributed by atoms with E-state index in [1.807, 2.05) is 6.07 Å². The van der Waals surface area contributed by atoms with Crippen LogP contribution in [0.25, 0.3) is 0 Å². The van der Waals surface area contributed by atoms with Crippen LogP contribution in [0.1, 0.15) is 30.4 Å². The van der Waals surface area contributed by atoms with E-state index in [1.165, 1.54) is 17.5 Å². The summed E-state index contributed by atoms with van der Waals surface area (Å²) >= 11 is 0. The van der Waals surface area contributed by atoms with Gasteiger partial charge in [-0.2, -0.15) is 0 Å². The average Bonchev–Trinajstić information content (AvgIpc) is 2.34. The molecule has 0 fully saturated rings. The lowest BCUT2D eigenvalue weighted by Crippen LogP contribution is -1.86. The highest BCUT2D eigenvalue weighted by atomic mass is 16.3. The Hall–Kier alpha value is -0.980. The number of benzene rings is 1. The zero-order valence-electron chi connectivity index (χ0n) is 6.67. The van der Waals surface area contributed by atoms with Crippen LogP contribution >= 0.6 is 0 Å². The molecule has 11 heavy (non-hydrogen) atoms. The van der Waals surface area contributed by atoms with Crippen molar-refractivity contribution in [2.45, 2.75) is 25.7 Å². The zero-order valence-corrected chi connectivity index (χ0v) is 6.67. The van der Waals surface area contributed by atoms with Crippen molar-refractivity contribution in [3.05, 3.63) is 29.3 Å². The van der Waals surface area contributed by atoms with E-state index in [0.717, 1.165) is 6.42 Å². The summed E-state index contributed by atoms with van der Waals surface area (Å²) in [6, 6.07) is 5.81. The number of aryl methyl sites for hydroxylation is 1. The highest BCUT2D eigenvalue weighted by Gasteiger charge is 2.20.